The molecule has 0 aliphatic heterocycles. The Morgan fingerprint density at radius 3 is 2.73 bits per heavy atom. The topological polar surface area (TPSA) is 91.2 Å². The van der Waals surface area contributed by atoms with E-state index < -0.39 is 35.7 Å². The van der Waals surface area contributed by atoms with E-state index in [0.717, 1.165) is 6.08 Å². The number of halogens is 3. The van der Waals surface area contributed by atoms with E-state index in [-0.39, 0.29) is 5.89 Å². The highest BCUT2D eigenvalue weighted by Gasteiger charge is 2.35. The number of nitrogens with two attached hydrogens (primary N) is 1. The number of carbonyl (C=O) groups is 1. The molecule has 2 N–H and O–H groups in total. The molecule has 0 saturated heterocycles. The number of aromatic nitrogens is 2. The minimum absolute atomic E-state index is 0.103. The first-order valence-corrected chi connectivity index (χ1v) is 8.01. The van der Waals surface area contributed by atoms with Crippen molar-refractivity contribution in [1.82, 2.24) is 10.1 Å². The Balaban J connectivity index is 1.73. The first kappa shape index (κ1) is 18.2. The third-order valence-corrected chi connectivity index (χ3v) is 4.02. The highest BCUT2D eigenvalue weighted by atomic mass is 35.5. The molecule has 0 fully saturated rings. The molecule has 9 heteroatoms. The summed E-state index contributed by atoms with van der Waals surface area (Å²) in [7, 11) is 0. The molecule has 0 radical (unpaired) electrons. The zero-order chi connectivity index (χ0) is 18.8. The number of hydrogen-bond donors (Lipinski definition) is 1. The molecule has 1 aromatic heterocycles. The zero-order valence-electron chi connectivity index (χ0n) is 13.5. The summed E-state index contributed by atoms with van der Waals surface area (Å²) in [5.41, 5.74) is 4.94. The Labute approximate surface area is 152 Å². The number of rotatable bonds is 5. The molecule has 0 bridgehead atoms. The van der Waals surface area contributed by atoms with E-state index >= 15 is 0 Å². The van der Waals surface area contributed by atoms with Crippen LogP contribution in [0.4, 0.5) is 8.78 Å². The van der Waals surface area contributed by atoms with Crippen molar-refractivity contribution in [1.29, 1.82) is 0 Å². The molecule has 1 aromatic carbocycles. The van der Waals surface area contributed by atoms with Crippen LogP contribution in [-0.4, -0.2) is 28.3 Å². The fourth-order valence-corrected chi connectivity index (χ4v) is 2.57. The molecule has 1 amide bonds. The molecule has 1 heterocycles. The second kappa shape index (κ2) is 7.35. The number of primary amides is 1. The van der Waals surface area contributed by atoms with Crippen molar-refractivity contribution in [2.75, 3.05) is 0 Å². The van der Waals surface area contributed by atoms with Crippen molar-refractivity contribution in [3.63, 3.8) is 0 Å². The van der Waals surface area contributed by atoms with Gasteiger partial charge in [0.1, 0.15) is 18.0 Å². The maximum absolute atomic E-state index is 14.3. The van der Waals surface area contributed by atoms with Crippen LogP contribution in [-0.2, 0) is 9.53 Å². The van der Waals surface area contributed by atoms with Gasteiger partial charge in [-0.05, 0) is 43.3 Å². The summed E-state index contributed by atoms with van der Waals surface area (Å²) in [5.74, 6) is -1.78. The van der Waals surface area contributed by atoms with Gasteiger partial charge in [-0.15, -0.1) is 0 Å². The molecule has 3 atom stereocenters. The quantitative estimate of drug-likeness (QED) is 0.856. The fraction of sp³-hybridized carbons (Fsp3) is 0.235. The number of allylic oxidation sites excluding steroid dienone is 2. The lowest BCUT2D eigenvalue weighted by atomic mass is 9.99. The van der Waals surface area contributed by atoms with Gasteiger partial charge < -0.3 is 15.0 Å². The summed E-state index contributed by atoms with van der Waals surface area (Å²) in [5, 5.41) is 4.41. The molecular formula is C17H14ClF2N3O3. The van der Waals surface area contributed by atoms with E-state index in [1.807, 2.05) is 0 Å². The van der Waals surface area contributed by atoms with Gasteiger partial charge in [0.2, 0.25) is 5.82 Å². The zero-order valence-corrected chi connectivity index (χ0v) is 14.3. The monoisotopic (exact) mass is 381 g/mol. The second-order valence-electron chi connectivity index (χ2n) is 5.59. The number of alkyl halides is 1. The smallest absolute Gasteiger partial charge is 0.255 e. The van der Waals surface area contributed by atoms with E-state index in [4.69, 9.17) is 26.6 Å². The van der Waals surface area contributed by atoms with Crippen LogP contribution in [0.15, 0.2) is 52.3 Å². The van der Waals surface area contributed by atoms with Crippen molar-refractivity contribution >= 4 is 17.5 Å². The molecule has 26 heavy (non-hydrogen) atoms. The molecule has 6 nitrogen and oxygen atoms in total. The highest BCUT2D eigenvalue weighted by molar-refractivity contribution is 6.30. The first-order valence-electron chi connectivity index (χ1n) is 7.63. The summed E-state index contributed by atoms with van der Waals surface area (Å²) < 4.78 is 38.5. The lowest BCUT2D eigenvalue weighted by Gasteiger charge is -2.24. The maximum atomic E-state index is 14.3. The van der Waals surface area contributed by atoms with E-state index in [2.05, 4.69) is 10.1 Å². The van der Waals surface area contributed by atoms with Crippen LogP contribution in [0.25, 0.3) is 11.4 Å². The minimum atomic E-state index is -2.03. The van der Waals surface area contributed by atoms with Crippen LogP contribution in [0.1, 0.15) is 18.9 Å². The van der Waals surface area contributed by atoms with Gasteiger partial charge in [-0.1, -0.05) is 16.8 Å². The van der Waals surface area contributed by atoms with Crippen LogP contribution in [0.2, 0.25) is 5.02 Å². The standard InChI is InChI=1S/C17H14ClF2N3O3/c1-8(25-12-7-6-11(19)13(14(12)20)15(21)24)17-22-16(23-26-17)9-2-4-10(18)5-3-9/h2-8,12,14H,1H3,(H2,21,24). The minimum Gasteiger partial charge on any atom is -0.366 e. The summed E-state index contributed by atoms with van der Waals surface area (Å²) in [6, 6.07) is 6.80. The Kier molecular flexibility index (Phi) is 5.15. The molecule has 0 spiro atoms. The van der Waals surface area contributed by atoms with Gasteiger partial charge in [0.05, 0.1) is 5.57 Å². The van der Waals surface area contributed by atoms with Crippen molar-refractivity contribution in [3.8, 4) is 11.4 Å². The van der Waals surface area contributed by atoms with Crippen LogP contribution in [0, 0.1) is 0 Å². The molecule has 0 saturated carbocycles. The second-order valence-corrected chi connectivity index (χ2v) is 6.03. The van der Waals surface area contributed by atoms with Crippen LogP contribution >= 0.6 is 11.6 Å². The number of ether oxygens (including phenoxy) is 1. The van der Waals surface area contributed by atoms with Crippen molar-refractivity contribution in [2.24, 2.45) is 5.73 Å². The van der Waals surface area contributed by atoms with Crippen LogP contribution < -0.4 is 5.73 Å². The molecule has 136 valence electrons. The molecule has 3 unspecified atom stereocenters. The summed E-state index contributed by atoms with van der Waals surface area (Å²) in [6.45, 7) is 1.57. The van der Waals surface area contributed by atoms with E-state index in [0.29, 0.717) is 16.4 Å². The van der Waals surface area contributed by atoms with Gasteiger partial charge in [-0.25, -0.2) is 8.78 Å². The van der Waals surface area contributed by atoms with E-state index in [9.17, 15) is 13.6 Å². The molecule has 1 aliphatic rings. The van der Waals surface area contributed by atoms with Gasteiger partial charge in [0, 0.05) is 10.6 Å². The Morgan fingerprint density at radius 1 is 1.38 bits per heavy atom. The van der Waals surface area contributed by atoms with Crippen molar-refractivity contribution < 1.29 is 22.8 Å². The van der Waals surface area contributed by atoms with Crippen molar-refractivity contribution in [2.45, 2.75) is 25.3 Å². The normalized spacial score (nSPS) is 21.1. The van der Waals surface area contributed by atoms with Crippen LogP contribution in [0.3, 0.4) is 0 Å². The number of carbonyl (C=O) groups excluding carboxylic acids is 1. The van der Waals surface area contributed by atoms with E-state index in [1.165, 1.54) is 6.08 Å². The Bertz CT molecular complexity index is 880. The predicted molar refractivity (Wildman–Crippen MR) is 89.4 cm³/mol. The Morgan fingerprint density at radius 2 is 2.08 bits per heavy atom. The van der Waals surface area contributed by atoms with Gasteiger partial charge >= 0.3 is 0 Å². The summed E-state index contributed by atoms with van der Waals surface area (Å²) >= 11 is 5.83. The SMILES string of the molecule is CC(OC1C=CC(F)=C(C(N)=O)C1F)c1nc(-c2ccc(Cl)cc2)no1. The molecule has 2 aromatic rings. The van der Waals surface area contributed by atoms with Crippen molar-refractivity contribution in [3.05, 3.63) is 58.7 Å². The number of amides is 1. The molecular weight excluding hydrogens is 368 g/mol. The predicted octanol–water partition coefficient (Wildman–Crippen LogP) is 3.45. The number of hydrogen-bond acceptors (Lipinski definition) is 5. The van der Waals surface area contributed by atoms with Gasteiger partial charge in [-0.2, -0.15) is 4.98 Å². The Hall–Kier alpha value is -2.58. The average molecular weight is 382 g/mol. The fourth-order valence-electron chi connectivity index (χ4n) is 2.44. The number of nitrogens with zero attached hydrogens (tertiary/aromatic N) is 2. The van der Waals surface area contributed by atoms with Crippen LogP contribution in [0.5, 0.6) is 0 Å². The summed E-state index contributed by atoms with van der Waals surface area (Å²) in [4.78, 5) is 15.4. The van der Waals surface area contributed by atoms with Gasteiger partial charge in [-0.3, -0.25) is 4.79 Å². The first-order chi connectivity index (χ1) is 12.4. The lowest BCUT2D eigenvalue weighted by Crippen LogP contribution is -2.34. The highest BCUT2D eigenvalue weighted by Crippen LogP contribution is 2.29. The third-order valence-electron chi connectivity index (χ3n) is 3.77. The average Bonchev–Trinajstić information content (AvgIpc) is 3.08. The molecule has 1 aliphatic carbocycles. The third kappa shape index (κ3) is 3.66. The maximum Gasteiger partial charge on any atom is 0.255 e. The lowest BCUT2D eigenvalue weighted by molar-refractivity contribution is -0.116. The summed E-state index contributed by atoms with van der Waals surface area (Å²) in [6.07, 6.45) is -1.93. The van der Waals surface area contributed by atoms with Gasteiger partial charge in [0.15, 0.2) is 6.17 Å². The molecule has 3 rings (SSSR count). The van der Waals surface area contributed by atoms with E-state index in [1.54, 1.807) is 31.2 Å². The largest absolute Gasteiger partial charge is 0.366 e. The number of benzene rings is 1. The van der Waals surface area contributed by atoms with Gasteiger partial charge in [0.25, 0.3) is 11.8 Å².